The first-order valence-corrected chi connectivity index (χ1v) is 18.7. The van der Waals surface area contributed by atoms with Crippen molar-refractivity contribution in [3.8, 4) is 5.75 Å². The Kier molecular flexibility index (Phi) is 9.90. The van der Waals surface area contributed by atoms with Crippen molar-refractivity contribution in [1.29, 1.82) is 0 Å². The van der Waals surface area contributed by atoms with Crippen LogP contribution in [0.4, 0.5) is 15.8 Å². The number of Topliss-reactive ketones (excluding diaryl/α,β-unsaturated/α-hetero) is 1. The van der Waals surface area contributed by atoms with Crippen LogP contribution in [0.25, 0.3) is 10.8 Å². The van der Waals surface area contributed by atoms with Gasteiger partial charge in [-0.3, -0.25) is 33.6 Å². The van der Waals surface area contributed by atoms with E-state index in [0.29, 0.717) is 29.8 Å². The number of benzene rings is 3. The number of halogens is 1. The zero-order chi connectivity index (χ0) is 38.3. The van der Waals surface area contributed by atoms with Crippen LogP contribution in [0.2, 0.25) is 0 Å². The van der Waals surface area contributed by atoms with Gasteiger partial charge in [-0.2, -0.15) is 8.42 Å². The van der Waals surface area contributed by atoms with Gasteiger partial charge in [0.2, 0.25) is 0 Å². The standard InChI is InChI=1S/C29H24FN3O5.C10H16O4S/c1-37-20-11-12-21-25(16-20)33(24-10-6-5-9-22(24)30)28(36)29(21,14-13-26(34)38-2)32-27(35)23-15-18-7-3-4-8-19(18)17-31-23;1-9(2)7-3-4-10(9,8(11)5-7)6-15(12,13)14/h3-12,15-17H,13-14H2,1-2H3,(H,32,35);7H,3-6H2,1-2H3,(H,12,13,14)/t29-;/m0./s1. The van der Waals surface area contributed by atoms with E-state index in [1.807, 2.05) is 38.1 Å². The number of rotatable bonds is 9. The lowest BCUT2D eigenvalue weighted by Gasteiger charge is -2.35. The molecule has 12 nitrogen and oxygen atoms in total. The highest BCUT2D eigenvalue weighted by Gasteiger charge is 2.65. The topological polar surface area (TPSA) is 169 Å². The number of fused-ring (bicyclic) bond motifs is 4. The molecular formula is C39H40FN3O9S. The third-order valence-electron chi connectivity index (χ3n) is 11.3. The molecule has 0 spiro atoms. The number of para-hydroxylation sites is 1. The number of hydrogen-bond donors (Lipinski definition) is 2. The first-order chi connectivity index (χ1) is 25.1. The third-order valence-corrected chi connectivity index (χ3v) is 12.1. The minimum absolute atomic E-state index is 0.00465. The van der Waals surface area contributed by atoms with Crippen LogP contribution in [0.1, 0.15) is 62.0 Å². The van der Waals surface area contributed by atoms with E-state index in [0.717, 1.165) is 17.2 Å². The van der Waals surface area contributed by atoms with Gasteiger partial charge in [0, 0.05) is 36.1 Å². The van der Waals surface area contributed by atoms with Crippen molar-refractivity contribution in [2.24, 2.45) is 16.7 Å². The number of carbonyl (C=O) groups excluding carboxylic acids is 4. The van der Waals surface area contributed by atoms with Crippen LogP contribution in [-0.2, 0) is 34.8 Å². The van der Waals surface area contributed by atoms with Gasteiger partial charge >= 0.3 is 5.97 Å². The number of pyridine rings is 1. The first kappa shape index (κ1) is 37.5. The number of hydrogen-bond acceptors (Lipinski definition) is 9. The van der Waals surface area contributed by atoms with Crippen molar-refractivity contribution in [2.45, 2.75) is 51.5 Å². The smallest absolute Gasteiger partial charge is 0.305 e. The summed E-state index contributed by atoms with van der Waals surface area (Å²) >= 11 is 0. The number of ketones is 1. The van der Waals surface area contributed by atoms with E-state index in [1.54, 1.807) is 36.5 Å². The monoisotopic (exact) mass is 745 g/mol. The Morgan fingerprint density at radius 2 is 1.70 bits per heavy atom. The lowest BCUT2D eigenvalue weighted by Crippen LogP contribution is -2.52. The van der Waals surface area contributed by atoms with Gasteiger partial charge in [0.15, 0.2) is 0 Å². The Morgan fingerprint density at radius 3 is 2.32 bits per heavy atom. The zero-order valence-corrected chi connectivity index (χ0v) is 30.5. The largest absolute Gasteiger partial charge is 0.497 e. The summed E-state index contributed by atoms with van der Waals surface area (Å²) < 4.78 is 56.1. The molecule has 1 aliphatic heterocycles. The molecule has 2 heterocycles. The number of carbonyl (C=O) groups is 4. The van der Waals surface area contributed by atoms with E-state index in [-0.39, 0.29) is 41.3 Å². The molecule has 3 aromatic carbocycles. The second kappa shape index (κ2) is 14.0. The van der Waals surface area contributed by atoms with Gasteiger partial charge in [0.05, 0.1) is 36.8 Å². The number of aromatic nitrogens is 1. The van der Waals surface area contributed by atoms with E-state index in [9.17, 15) is 32.0 Å². The van der Waals surface area contributed by atoms with Crippen LogP contribution in [0, 0.1) is 22.6 Å². The Bertz CT molecular complexity index is 2240. The van der Waals surface area contributed by atoms with Crippen LogP contribution in [0.5, 0.6) is 5.75 Å². The number of nitrogens with one attached hydrogen (secondary N) is 1. The summed E-state index contributed by atoms with van der Waals surface area (Å²) in [7, 11) is -1.36. The quantitative estimate of drug-likeness (QED) is 0.155. The molecule has 2 bridgehead atoms. The number of methoxy groups -OCH3 is 2. The van der Waals surface area contributed by atoms with Gasteiger partial charge in [0.1, 0.15) is 28.6 Å². The zero-order valence-electron chi connectivity index (χ0n) is 29.7. The molecule has 3 aliphatic rings. The molecule has 2 aliphatic carbocycles. The molecule has 0 radical (unpaired) electrons. The Balaban J connectivity index is 0.000000267. The summed E-state index contributed by atoms with van der Waals surface area (Å²) in [6.45, 7) is 3.89. The Labute approximate surface area is 306 Å². The predicted octanol–water partition coefficient (Wildman–Crippen LogP) is 5.91. The minimum Gasteiger partial charge on any atom is -0.497 e. The fraction of sp³-hybridized carbons (Fsp3) is 0.359. The van der Waals surface area contributed by atoms with E-state index < -0.39 is 50.4 Å². The van der Waals surface area contributed by atoms with E-state index in [4.69, 9.17) is 14.0 Å². The Morgan fingerprint density at radius 1 is 1.00 bits per heavy atom. The average molecular weight is 746 g/mol. The fourth-order valence-electron chi connectivity index (χ4n) is 8.17. The lowest BCUT2D eigenvalue weighted by atomic mass is 9.70. The van der Waals surface area contributed by atoms with Crippen molar-refractivity contribution in [1.82, 2.24) is 10.3 Å². The number of anilines is 2. The third kappa shape index (κ3) is 6.65. The summed E-state index contributed by atoms with van der Waals surface area (Å²) in [6, 6.07) is 19.8. The molecule has 2 fully saturated rings. The van der Waals surface area contributed by atoms with Crippen LogP contribution >= 0.6 is 0 Å². The minimum atomic E-state index is -4.08. The summed E-state index contributed by atoms with van der Waals surface area (Å²) in [5.41, 5.74) is -2.01. The van der Waals surface area contributed by atoms with Gasteiger partial charge in [0.25, 0.3) is 21.9 Å². The molecule has 53 heavy (non-hydrogen) atoms. The van der Waals surface area contributed by atoms with Gasteiger partial charge < -0.3 is 14.8 Å². The summed E-state index contributed by atoms with van der Waals surface area (Å²) in [5.74, 6) is -2.09. The molecule has 2 unspecified atom stereocenters. The molecule has 0 saturated heterocycles. The number of amides is 2. The van der Waals surface area contributed by atoms with Crippen molar-refractivity contribution in [2.75, 3.05) is 24.9 Å². The molecule has 4 aromatic rings. The SMILES string of the molecule is CC1(C)C2CCC1(CS(=O)(=O)O)C(=O)C2.COC(=O)CC[C@@]1(NC(=O)c2cc3ccccc3cn2)C(=O)N(c2ccccc2F)c2cc(OC)ccc21. The molecule has 2 amide bonds. The van der Waals surface area contributed by atoms with Gasteiger partial charge in [-0.1, -0.05) is 56.3 Å². The number of nitrogens with zero attached hydrogens (tertiary/aromatic N) is 2. The van der Waals surface area contributed by atoms with Crippen molar-refractivity contribution in [3.63, 3.8) is 0 Å². The Hall–Kier alpha value is -5.21. The van der Waals surface area contributed by atoms with Crippen LogP contribution in [0.3, 0.4) is 0 Å². The van der Waals surface area contributed by atoms with E-state index >= 15 is 0 Å². The lowest BCUT2D eigenvalue weighted by molar-refractivity contribution is -0.141. The maximum absolute atomic E-state index is 15.0. The van der Waals surface area contributed by atoms with Crippen molar-refractivity contribution in [3.05, 3.63) is 96.1 Å². The van der Waals surface area contributed by atoms with Crippen molar-refractivity contribution >= 4 is 55.8 Å². The van der Waals surface area contributed by atoms with Crippen LogP contribution < -0.4 is 15.0 Å². The molecule has 2 saturated carbocycles. The van der Waals surface area contributed by atoms with Crippen molar-refractivity contribution < 1.29 is 46.0 Å². The summed E-state index contributed by atoms with van der Waals surface area (Å²) in [4.78, 5) is 57.4. The molecule has 7 rings (SSSR count). The van der Waals surface area contributed by atoms with Gasteiger partial charge in [-0.05, 0) is 60.2 Å². The normalized spacial score (nSPS) is 22.6. The van der Waals surface area contributed by atoms with E-state index in [1.165, 1.54) is 37.3 Å². The molecule has 1 aromatic heterocycles. The van der Waals surface area contributed by atoms with Crippen LogP contribution in [0.15, 0.2) is 79.0 Å². The second-order valence-electron chi connectivity index (χ2n) is 14.2. The average Bonchev–Trinajstić information content (AvgIpc) is 3.59. The van der Waals surface area contributed by atoms with Gasteiger partial charge in [-0.25, -0.2) is 4.39 Å². The number of esters is 1. The predicted molar refractivity (Wildman–Crippen MR) is 194 cm³/mol. The highest BCUT2D eigenvalue weighted by molar-refractivity contribution is 7.85. The molecular weight excluding hydrogens is 706 g/mol. The fourth-order valence-corrected chi connectivity index (χ4v) is 9.47. The second-order valence-corrected chi connectivity index (χ2v) is 15.7. The first-order valence-electron chi connectivity index (χ1n) is 17.1. The molecule has 3 atom stereocenters. The van der Waals surface area contributed by atoms with Crippen LogP contribution in [-0.4, -0.2) is 61.5 Å². The highest BCUT2D eigenvalue weighted by atomic mass is 32.2. The highest BCUT2D eigenvalue weighted by Crippen LogP contribution is 2.64. The number of ether oxygens (including phenoxy) is 2. The maximum Gasteiger partial charge on any atom is 0.305 e. The van der Waals surface area contributed by atoms with E-state index in [2.05, 4.69) is 10.3 Å². The van der Waals surface area contributed by atoms with Gasteiger partial charge in [-0.15, -0.1) is 0 Å². The summed E-state index contributed by atoms with van der Waals surface area (Å²) in [6.07, 6.45) is 3.25. The summed E-state index contributed by atoms with van der Waals surface area (Å²) in [5, 5.41) is 4.50. The molecule has 2 N–H and O–H groups in total. The molecule has 14 heteroatoms. The molecule has 278 valence electrons. The maximum atomic E-state index is 15.0.